The number of aryl methyl sites for hydroxylation is 1. The molecule has 0 saturated heterocycles. The number of carbonyl (C=O) groups is 2. The Bertz CT molecular complexity index is 880. The van der Waals surface area contributed by atoms with Gasteiger partial charge in [0.15, 0.2) is 6.61 Å². The quantitative estimate of drug-likeness (QED) is 0.450. The van der Waals surface area contributed by atoms with Crippen molar-refractivity contribution < 1.29 is 28.7 Å². The third-order valence-corrected chi connectivity index (χ3v) is 3.64. The molecule has 142 valence electrons. The van der Waals surface area contributed by atoms with Crippen molar-refractivity contribution in [2.45, 2.75) is 6.92 Å². The van der Waals surface area contributed by atoms with Crippen LogP contribution >= 0.6 is 0 Å². The van der Waals surface area contributed by atoms with E-state index in [1.807, 2.05) is 0 Å². The van der Waals surface area contributed by atoms with E-state index in [4.69, 9.17) is 14.2 Å². The highest BCUT2D eigenvalue weighted by atomic mass is 16.6. The SMILES string of the molecule is COc1ccc(OC)c(NC(=O)COC(=O)c2ccc([N+](=O)[O-])c(C)c2)c1. The molecule has 0 saturated carbocycles. The second-order valence-electron chi connectivity index (χ2n) is 5.45. The minimum Gasteiger partial charge on any atom is -0.497 e. The second-order valence-corrected chi connectivity index (χ2v) is 5.45. The maximum absolute atomic E-state index is 12.1. The molecule has 9 heteroatoms. The van der Waals surface area contributed by atoms with E-state index >= 15 is 0 Å². The molecule has 0 atom stereocenters. The fourth-order valence-electron chi connectivity index (χ4n) is 2.30. The van der Waals surface area contributed by atoms with Crippen LogP contribution in [0.3, 0.4) is 0 Å². The van der Waals surface area contributed by atoms with Gasteiger partial charge in [0.05, 0.1) is 30.4 Å². The number of hydrogen-bond acceptors (Lipinski definition) is 7. The summed E-state index contributed by atoms with van der Waals surface area (Å²) in [6.07, 6.45) is 0. The van der Waals surface area contributed by atoms with E-state index in [1.54, 1.807) is 18.2 Å². The molecular formula is C18H18N2O7. The topological polar surface area (TPSA) is 117 Å². The zero-order valence-corrected chi connectivity index (χ0v) is 15.0. The molecule has 9 nitrogen and oxygen atoms in total. The summed E-state index contributed by atoms with van der Waals surface area (Å²) in [7, 11) is 2.94. The maximum Gasteiger partial charge on any atom is 0.338 e. The van der Waals surface area contributed by atoms with Crippen molar-refractivity contribution in [1.82, 2.24) is 0 Å². The summed E-state index contributed by atoms with van der Waals surface area (Å²) in [5.41, 5.74) is 0.698. The van der Waals surface area contributed by atoms with Crippen molar-refractivity contribution in [1.29, 1.82) is 0 Å². The van der Waals surface area contributed by atoms with Gasteiger partial charge in [-0.15, -0.1) is 0 Å². The van der Waals surface area contributed by atoms with Gasteiger partial charge in [0, 0.05) is 17.7 Å². The molecule has 0 aromatic heterocycles. The number of nitro groups is 1. The number of hydrogen-bond donors (Lipinski definition) is 1. The molecule has 2 aromatic carbocycles. The van der Waals surface area contributed by atoms with Gasteiger partial charge in [-0.05, 0) is 31.2 Å². The Morgan fingerprint density at radius 2 is 1.85 bits per heavy atom. The number of ether oxygens (including phenoxy) is 3. The molecule has 0 unspecified atom stereocenters. The number of amides is 1. The number of nitro benzene ring substituents is 1. The lowest BCUT2D eigenvalue weighted by Crippen LogP contribution is -2.21. The van der Waals surface area contributed by atoms with E-state index in [1.165, 1.54) is 39.3 Å². The van der Waals surface area contributed by atoms with Gasteiger partial charge in [0.1, 0.15) is 11.5 Å². The van der Waals surface area contributed by atoms with Crippen LogP contribution in [0.4, 0.5) is 11.4 Å². The van der Waals surface area contributed by atoms with Crippen molar-refractivity contribution in [3.63, 3.8) is 0 Å². The highest BCUT2D eigenvalue weighted by molar-refractivity contribution is 5.96. The zero-order valence-electron chi connectivity index (χ0n) is 15.0. The van der Waals surface area contributed by atoms with Crippen molar-refractivity contribution in [2.24, 2.45) is 0 Å². The fraction of sp³-hybridized carbons (Fsp3) is 0.222. The minimum absolute atomic E-state index is 0.102. The third kappa shape index (κ3) is 4.94. The summed E-state index contributed by atoms with van der Waals surface area (Å²) in [6.45, 7) is 0.978. The fourth-order valence-corrected chi connectivity index (χ4v) is 2.30. The third-order valence-electron chi connectivity index (χ3n) is 3.64. The summed E-state index contributed by atoms with van der Waals surface area (Å²) in [6, 6.07) is 8.69. The molecule has 2 rings (SSSR count). The number of methoxy groups -OCH3 is 2. The smallest absolute Gasteiger partial charge is 0.338 e. The van der Waals surface area contributed by atoms with Crippen molar-refractivity contribution in [2.75, 3.05) is 26.1 Å². The van der Waals surface area contributed by atoms with Crippen LogP contribution in [-0.2, 0) is 9.53 Å². The van der Waals surface area contributed by atoms with E-state index in [0.717, 1.165) is 0 Å². The highest BCUT2D eigenvalue weighted by Gasteiger charge is 2.16. The summed E-state index contributed by atoms with van der Waals surface area (Å²) in [5, 5.41) is 13.4. The Balaban J connectivity index is 2.00. The first-order valence-corrected chi connectivity index (χ1v) is 7.79. The summed E-state index contributed by atoms with van der Waals surface area (Å²) < 4.78 is 15.2. The molecular weight excluding hydrogens is 356 g/mol. The van der Waals surface area contributed by atoms with Crippen molar-refractivity contribution >= 4 is 23.3 Å². The van der Waals surface area contributed by atoms with E-state index in [9.17, 15) is 19.7 Å². The Morgan fingerprint density at radius 3 is 2.44 bits per heavy atom. The average molecular weight is 374 g/mol. The lowest BCUT2D eigenvalue weighted by atomic mass is 10.1. The molecule has 0 bridgehead atoms. The lowest BCUT2D eigenvalue weighted by molar-refractivity contribution is -0.385. The van der Waals surface area contributed by atoms with Crippen LogP contribution in [-0.4, -0.2) is 37.6 Å². The standard InChI is InChI=1S/C18H18N2O7/c1-11-8-12(4-6-15(11)20(23)24)18(22)27-10-17(21)19-14-9-13(25-2)5-7-16(14)26-3/h4-9H,10H2,1-3H3,(H,19,21). The van der Waals surface area contributed by atoms with Crippen LogP contribution in [0.15, 0.2) is 36.4 Å². The lowest BCUT2D eigenvalue weighted by Gasteiger charge is -2.12. The average Bonchev–Trinajstić information content (AvgIpc) is 2.65. The van der Waals surface area contributed by atoms with Gasteiger partial charge in [0.25, 0.3) is 11.6 Å². The van der Waals surface area contributed by atoms with Gasteiger partial charge < -0.3 is 19.5 Å². The van der Waals surface area contributed by atoms with Crippen LogP contribution in [0.2, 0.25) is 0 Å². The van der Waals surface area contributed by atoms with Gasteiger partial charge in [-0.1, -0.05) is 0 Å². The van der Waals surface area contributed by atoms with Crippen LogP contribution in [0.1, 0.15) is 15.9 Å². The normalized spacial score (nSPS) is 10.0. The molecule has 0 aliphatic heterocycles. The van der Waals surface area contributed by atoms with E-state index in [-0.39, 0.29) is 11.3 Å². The van der Waals surface area contributed by atoms with Crippen LogP contribution in [0.25, 0.3) is 0 Å². The molecule has 1 N–H and O–H groups in total. The first-order valence-electron chi connectivity index (χ1n) is 7.79. The number of nitrogens with zero attached hydrogens (tertiary/aromatic N) is 1. The Kier molecular flexibility index (Phi) is 6.32. The maximum atomic E-state index is 12.1. The van der Waals surface area contributed by atoms with Gasteiger partial charge in [-0.25, -0.2) is 4.79 Å². The Morgan fingerprint density at radius 1 is 1.11 bits per heavy atom. The summed E-state index contributed by atoms with van der Waals surface area (Å²) in [5.74, 6) is -0.403. The summed E-state index contributed by atoms with van der Waals surface area (Å²) in [4.78, 5) is 34.4. The van der Waals surface area contributed by atoms with Crippen LogP contribution in [0, 0.1) is 17.0 Å². The van der Waals surface area contributed by atoms with Gasteiger partial charge >= 0.3 is 5.97 Å². The van der Waals surface area contributed by atoms with Crippen LogP contribution < -0.4 is 14.8 Å². The largest absolute Gasteiger partial charge is 0.497 e. The van der Waals surface area contributed by atoms with Crippen LogP contribution in [0.5, 0.6) is 11.5 Å². The van der Waals surface area contributed by atoms with Gasteiger partial charge in [-0.2, -0.15) is 0 Å². The van der Waals surface area contributed by atoms with E-state index < -0.39 is 23.4 Å². The zero-order chi connectivity index (χ0) is 20.0. The molecule has 0 radical (unpaired) electrons. The molecule has 0 spiro atoms. The van der Waals surface area contributed by atoms with Crippen molar-refractivity contribution in [3.05, 3.63) is 57.6 Å². The molecule has 0 heterocycles. The minimum atomic E-state index is -0.763. The summed E-state index contributed by atoms with van der Waals surface area (Å²) >= 11 is 0. The number of benzene rings is 2. The Labute approximate surface area is 155 Å². The molecule has 0 fully saturated rings. The molecule has 0 aliphatic rings. The van der Waals surface area contributed by atoms with Gasteiger partial charge in [-0.3, -0.25) is 14.9 Å². The first kappa shape index (κ1) is 19.7. The predicted octanol–water partition coefficient (Wildman–Crippen LogP) is 2.72. The number of carbonyl (C=O) groups excluding carboxylic acids is 2. The molecule has 27 heavy (non-hydrogen) atoms. The van der Waals surface area contributed by atoms with Gasteiger partial charge in [0.2, 0.25) is 0 Å². The molecule has 0 aliphatic carbocycles. The molecule has 1 amide bonds. The molecule has 2 aromatic rings. The monoisotopic (exact) mass is 374 g/mol. The first-order chi connectivity index (χ1) is 12.8. The number of anilines is 1. The number of esters is 1. The second kappa shape index (κ2) is 8.65. The highest BCUT2D eigenvalue weighted by Crippen LogP contribution is 2.28. The van der Waals surface area contributed by atoms with E-state index in [0.29, 0.717) is 22.7 Å². The Hall–Kier alpha value is -3.62. The number of nitrogens with one attached hydrogen (secondary N) is 1. The predicted molar refractivity (Wildman–Crippen MR) is 96.3 cm³/mol. The van der Waals surface area contributed by atoms with E-state index in [2.05, 4.69) is 5.32 Å². The number of rotatable bonds is 7. The van der Waals surface area contributed by atoms with Crippen molar-refractivity contribution in [3.8, 4) is 11.5 Å².